The minimum atomic E-state index is -0.793. The second kappa shape index (κ2) is 13.8. The van der Waals surface area contributed by atoms with Gasteiger partial charge in [0.1, 0.15) is 24.1 Å². The maximum Gasteiger partial charge on any atom is 0.338 e. The number of nitrogens with zero attached hydrogens (tertiary/aromatic N) is 2. The predicted molar refractivity (Wildman–Crippen MR) is 173 cm³/mol. The highest BCUT2D eigenvalue weighted by atomic mass is 79.9. The molecule has 0 radical (unpaired) electrons. The second-order valence-corrected chi connectivity index (χ2v) is 12.0. The van der Waals surface area contributed by atoms with Crippen molar-refractivity contribution >= 4 is 50.9 Å². The number of benzene rings is 3. The van der Waals surface area contributed by atoms with Crippen molar-refractivity contribution in [3.8, 4) is 11.5 Å². The SMILES string of the molecule is CCCC1=C(C(=O)OCC)[C@H](c2cc(Br)ccc2OC)n2c(s/c(=C/c3ccccc3OCc3ccccc3Cl)c2=O)=N1. The Morgan fingerprint density at radius 2 is 1.86 bits per heavy atom. The first kappa shape index (κ1) is 30.8. The standard InChI is InChI=1S/C33H30BrClN2O5S/c1-4-10-25-29(32(39)41-5-2)30(23-18-22(34)15-16-27(23)40-3)37-31(38)28(43-33(37)36-25)17-20-11-7-9-14-26(20)42-19-21-12-6-8-13-24(21)35/h6-9,11-18,30H,4-5,10,19H2,1-3H3/b28-17+/t30-/m0/s1. The van der Waals surface area contributed by atoms with Gasteiger partial charge in [-0.3, -0.25) is 9.36 Å². The van der Waals surface area contributed by atoms with Gasteiger partial charge in [0.15, 0.2) is 4.80 Å². The lowest BCUT2D eigenvalue weighted by molar-refractivity contribution is -0.139. The van der Waals surface area contributed by atoms with E-state index in [1.165, 1.54) is 11.3 Å². The number of hydrogen-bond acceptors (Lipinski definition) is 7. The van der Waals surface area contributed by atoms with Crippen molar-refractivity contribution in [3.05, 3.63) is 124 Å². The summed E-state index contributed by atoms with van der Waals surface area (Å²) in [5.74, 6) is 0.646. The van der Waals surface area contributed by atoms with Crippen molar-refractivity contribution in [2.75, 3.05) is 13.7 Å². The zero-order chi connectivity index (χ0) is 30.5. The van der Waals surface area contributed by atoms with Crippen molar-refractivity contribution in [3.63, 3.8) is 0 Å². The number of thiazole rings is 1. The highest BCUT2D eigenvalue weighted by molar-refractivity contribution is 9.10. The third-order valence-corrected chi connectivity index (χ3v) is 8.77. The molecule has 3 aromatic carbocycles. The Kier molecular flexibility index (Phi) is 9.85. The lowest BCUT2D eigenvalue weighted by Crippen LogP contribution is -2.40. The van der Waals surface area contributed by atoms with Crippen LogP contribution in [0.2, 0.25) is 5.02 Å². The van der Waals surface area contributed by atoms with Gasteiger partial charge in [-0.05, 0) is 49.8 Å². The van der Waals surface area contributed by atoms with Crippen molar-refractivity contribution in [2.45, 2.75) is 39.3 Å². The van der Waals surface area contributed by atoms with E-state index in [1.807, 2.05) is 73.7 Å². The van der Waals surface area contributed by atoms with Crippen molar-refractivity contribution < 1.29 is 19.0 Å². The van der Waals surface area contributed by atoms with Crippen LogP contribution in [0, 0.1) is 0 Å². The first-order valence-electron chi connectivity index (χ1n) is 13.9. The molecule has 0 bridgehead atoms. The number of aromatic nitrogens is 1. The first-order valence-corrected chi connectivity index (χ1v) is 15.9. The van der Waals surface area contributed by atoms with Crippen LogP contribution < -0.4 is 24.4 Å². The van der Waals surface area contributed by atoms with E-state index < -0.39 is 12.0 Å². The maximum atomic E-state index is 14.2. The number of para-hydroxylation sites is 1. The Labute approximate surface area is 266 Å². The minimum Gasteiger partial charge on any atom is -0.496 e. The fourth-order valence-electron chi connectivity index (χ4n) is 4.98. The molecule has 0 saturated heterocycles. The molecular weight excluding hydrogens is 652 g/mol. The fraction of sp³-hybridized carbons (Fsp3) is 0.242. The Hall–Kier alpha value is -3.66. The molecule has 0 fully saturated rings. The zero-order valence-electron chi connectivity index (χ0n) is 23.9. The Morgan fingerprint density at radius 3 is 2.60 bits per heavy atom. The molecule has 1 aliphatic rings. The average molecular weight is 682 g/mol. The van der Waals surface area contributed by atoms with E-state index in [0.717, 1.165) is 22.0 Å². The quantitative estimate of drug-likeness (QED) is 0.177. The summed E-state index contributed by atoms with van der Waals surface area (Å²) in [6, 6.07) is 19.8. The fourth-order valence-corrected chi connectivity index (χ4v) is 6.56. The van der Waals surface area contributed by atoms with Crippen molar-refractivity contribution in [1.29, 1.82) is 0 Å². The third kappa shape index (κ3) is 6.49. The molecule has 0 saturated carbocycles. The van der Waals surface area contributed by atoms with Crippen LogP contribution in [0.25, 0.3) is 6.08 Å². The molecule has 43 heavy (non-hydrogen) atoms. The molecule has 1 aromatic heterocycles. The molecule has 0 aliphatic carbocycles. The first-order chi connectivity index (χ1) is 20.9. The predicted octanol–water partition coefficient (Wildman–Crippen LogP) is 6.58. The van der Waals surface area contributed by atoms with Crippen LogP contribution in [0.15, 0.2) is 92.3 Å². The second-order valence-electron chi connectivity index (χ2n) is 9.72. The highest BCUT2D eigenvalue weighted by Gasteiger charge is 2.36. The summed E-state index contributed by atoms with van der Waals surface area (Å²) >= 11 is 11.2. The van der Waals surface area contributed by atoms with Gasteiger partial charge in [0.05, 0.1) is 29.5 Å². The summed E-state index contributed by atoms with van der Waals surface area (Å²) in [5, 5.41) is 0.622. The molecule has 0 unspecified atom stereocenters. The van der Waals surface area contributed by atoms with Crippen LogP contribution in [0.4, 0.5) is 0 Å². The monoisotopic (exact) mass is 680 g/mol. The largest absolute Gasteiger partial charge is 0.496 e. The number of fused-ring (bicyclic) bond motifs is 1. The third-order valence-electron chi connectivity index (χ3n) is 6.93. The van der Waals surface area contributed by atoms with Crippen LogP contribution >= 0.6 is 38.9 Å². The van der Waals surface area contributed by atoms with Crippen LogP contribution in [-0.4, -0.2) is 24.3 Å². The number of methoxy groups -OCH3 is 1. The van der Waals surface area contributed by atoms with Gasteiger partial charge in [0.2, 0.25) is 0 Å². The minimum absolute atomic E-state index is 0.194. The number of carbonyl (C=O) groups is 1. The van der Waals surface area contributed by atoms with E-state index in [0.29, 0.717) is 49.1 Å². The molecule has 0 amide bonds. The van der Waals surface area contributed by atoms with E-state index in [9.17, 15) is 9.59 Å². The maximum absolute atomic E-state index is 14.2. The van der Waals surface area contributed by atoms with Crippen LogP contribution in [0.5, 0.6) is 11.5 Å². The number of rotatable bonds is 10. The van der Waals surface area contributed by atoms with Gasteiger partial charge in [0.25, 0.3) is 5.56 Å². The van der Waals surface area contributed by atoms with Gasteiger partial charge in [-0.1, -0.05) is 88.6 Å². The molecular formula is C33H30BrClN2O5S. The molecule has 5 rings (SSSR count). The summed E-state index contributed by atoms with van der Waals surface area (Å²) < 4.78 is 20.2. The molecule has 0 N–H and O–H groups in total. The molecule has 2 heterocycles. The van der Waals surface area contributed by atoms with E-state index in [4.69, 9.17) is 30.8 Å². The summed E-state index contributed by atoms with van der Waals surface area (Å²) in [4.78, 5) is 33.0. The normalized spacial score (nSPS) is 14.7. The van der Waals surface area contributed by atoms with Gasteiger partial charge < -0.3 is 14.2 Å². The van der Waals surface area contributed by atoms with E-state index >= 15 is 0 Å². The van der Waals surface area contributed by atoms with Crippen LogP contribution in [0.1, 0.15) is 49.4 Å². The summed E-state index contributed by atoms with van der Waals surface area (Å²) in [5.41, 5.74) is 2.89. The lowest BCUT2D eigenvalue weighted by Gasteiger charge is -2.27. The zero-order valence-corrected chi connectivity index (χ0v) is 27.1. The van der Waals surface area contributed by atoms with Crippen LogP contribution in [0.3, 0.4) is 0 Å². The summed E-state index contributed by atoms with van der Waals surface area (Å²) in [6.45, 7) is 4.25. The summed E-state index contributed by atoms with van der Waals surface area (Å²) in [7, 11) is 1.57. The topological polar surface area (TPSA) is 79.1 Å². The Morgan fingerprint density at radius 1 is 1.09 bits per heavy atom. The van der Waals surface area contributed by atoms with Crippen molar-refractivity contribution in [1.82, 2.24) is 4.57 Å². The number of allylic oxidation sites excluding steroid dienone is 1. The summed E-state index contributed by atoms with van der Waals surface area (Å²) in [6.07, 6.45) is 3.11. The van der Waals surface area contributed by atoms with E-state index in [2.05, 4.69) is 15.9 Å². The van der Waals surface area contributed by atoms with E-state index in [1.54, 1.807) is 24.7 Å². The molecule has 1 atom stereocenters. The van der Waals surface area contributed by atoms with E-state index in [-0.39, 0.29) is 18.8 Å². The Balaban J connectivity index is 1.68. The number of esters is 1. The Bertz CT molecular complexity index is 1880. The number of halogens is 2. The average Bonchev–Trinajstić information content (AvgIpc) is 3.31. The molecule has 1 aliphatic heterocycles. The highest BCUT2D eigenvalue weighted by Crippen LogP contribution is 2.38. The molecule has 0 spiro atoms. The van der Waals surface area contributed by atoms with Gasteiger partial charge in [0, 0.05) is 26.2 Å². The number of ether oxygens (including phenoxy) is 3. The number of hydrogen-bond donors (Lipinski definition) is 0. The molecule has 222 valence electrons. The van der Waals surface area contributed by atoms with Gasteiger partial charge >= 0.3 is 5.97 Å². The van der Waals surface area contributed by atoms with Gasteiger partial charge in [-0.15, -0.1) is 0 Å². The van der Waals surface area contributed by atoms with Crippen molar-refractivity contribution in [2.24, 2.45) is 4.99 Å². The van der Waals surface area contributed by atoms with Gasteiger partial charge in [-0.2, -0.15) is 0 Å². The smallest absolute Gasteiger partial charge is 0.338 e. The molecule has 4 aromatic rings. The molecule has 10 heteroatoms. The molecule has 7 nitrogen and oxygen atoms in total. The number of carbonyl (C=O) groups excluding carboxylic acids is 1. The van der Waals surface area contributed by atoms with Crippen LogP contribution in [-0.2, 0) is 16.1 Å². The van der Waals surface area contributed by atoms with Gasteiger partial charge in [-0.25, -0.2) is 9.79 Å². The lowest BCUT2D eigenvalue weighted by atomic mass is 9.93.